The normalized spacial score (nSPS) is 18.0. The van der Waals surface area contributed by atoms with Gasteiger partial charge in [0.25, 0.3) is 0 Å². The van der Waals surface area contributed by atoms with Crippen LogP contribution in [0, 0.1) is 18.3 Å². The van der Waals surface area contributed by atoms with Crippen LogP contribution in [0.25, 0.3) is 0 Å². The van der Waals surface area contributed by atoms with Gasteiger partial charge in [0.1, 0.15) is 0 Å². The number of amides is 1. The minimum absolute atomic E-state index is 0.121. The van der Waals surface area contributed by atoms with Gasteiger partial charge in [-0.3, -0.25) is 4.79 Å². The first-order chi connectivity index (χ1) is 7.74. The summed E-state index contributed by atoms with van der Waals surface area (Å²) < 4.78 is 0. The number of rotatable bonds is 6. The van der Waals surface area contributed by atoms with Crippen molar-refractivity contribution in [1.29, 1.82) is 0 Å². The molecule has 1 atom stereocenters. The molecule has 1 amide bonds. The summed E-state index contributed by atoms with van der Waals surface area (Å²) in [6.45, 7) is 0.730. The molecule has 16 heavy (non-hydrogen) atoms. The van der Waals surface area contributed by atoms with Crippen molar-refractivity contribution in [2.45, 2.75) is 51.0 Å². The molecule has 0 heterocycles. The molecule has 0 aromatic carbocycles. The Hall–Kier alpha value is -1.01. The predicted molar refractivity (Wildman–Crippen MR) is 65.6 cm³/mol. The minimum atomic E-state index is -0.545. The fourth-order valence-corrected chi connectivity index (χ4v) is 2.25. The van der Waals surface area contributed by atoms with Crippen molar-refractivity contribution in [3.63, 3.8) is 0 Å². The Kier molecular flexibility index (Phi) is 5.95. The van der Waals surface area contributed by atoms with Gasteiger partial charge in [-0.05, 0) is 18.8 Å². The van der Waals surface area contributed by atoms with Crippen molar-refractivity contribution in [3.8, 4) is 12.3 Å². The number of carbonyl (C=O) groups excluding carboxylic acids is 1. The van der Waals surface area contributed by atoms with Crippen LogP contribution < -0.4 is 11.1 Å². The number of hydrogen-bond donors (Lipinski definition) is 2. The first-order valence-corrected chi connectivity index (χ1v) is 6.20. The molecule has 0 aliphatic heterocycles. The zero-order valence-electron chi connectivity index (χ0n) is 9.87. The number of hydrogen-bond acceptors (Lipinski definition) is 2. The molecule has 1 aliphatic carbocycles. The van der Waals surface area contributed by atoms with E-state index in [1.807, 2.05) is 0 Å². The molecule has 1 unspecified atom stereocenters. The van der Waals surface area contributed by atoms with E-state index in [1.54, 1.807) is 0 Å². The van der Waals surface area contributed by atoms with Crippen LogP contribution in [-0.2, 0) is 4.79 Å². The van der Waals surface area contributed by atoms with Crippen LogP contribution in [0.1, 0.15) is 44.9 Å². The molecule has 0 aromatic rings. The van der Waals surface area contributed by atoms with Gasteiger partial charge >= 0.3 is 0 Å². The maximum absolute atomic E-state index is 11.4. The average molecular weight is 222 g/mol. The lowest BCUT2D eigenvalue weighted by atomic mass is 10.0. The van der Waals surface area contributed by atoms with E-state index in [0.717, 1.165) is 18.9 Å². The minimum Gasteiger partial charge on any atom is -0.355 e. The average Bonchev–Trinajstić information content (AvgIpc) is 2.77. The first-order valence-electron chi connectivity index (χ1n) is 6.20. The highest BCUT2D eigenvalue weighted by Crippen LogP contribution is 2.28. The molecule has 3 N–H and O–H groups in total. The van der Waals surface area contributed by atoms with Crippen molar-refractivity contribution >= 4 is 5.91 Å². The maximum Gasteiger partial charge on any atom is 0.237 e. The van der Waals surface area contributed by atoms with E-state index in [9.17, 15) is 4.79 Å². The Morgan fingerprint density at radius 1 is 1.50 bits per heavy atom. The summed E-state index contributed by atoms with van der Waals surface area (Å²) in [7, 11) is 0. The molecule has 3 heteroatoms. The third kappa shape index (κ3) is 4.67. The Morgan fingerprint density at radius 3 is 2.81 bits per heavy atom. The lowest BCUT2D eigenvalue weighted by molar-refractivity contribution is -0.122. The Balaban J connectivity index is 2.01. The zero-order chi connectivity index (χ0) is 11.8. The molecule has 1 fully saturated rings. The highest BCUT2D eigenvalue weighted by atomic mass is 16.2. The van der Waals surface area contributed by atoms with E-state index >= 15 is 0 Å². The summed E-state index contributed by atoms with van der Waals surface area (Å²) in [6.07, 6.45) is 13.2. The van der Waals surface area contributed by atoms with Crippen LogP contribution >= 0.6 is 0 Å². The number of terminal acetylenes is 1. The van der Waals surface area contributed by atoms with Gasteiger partial charge in [-0.15, -0.1) is 12.3 Å². The molecule has 1 saturated carbocycles. The molecule has 0 spiro atoms. The first kappa shape index (κ1) is 13.1. The third-order valence-corrected chi connectivity index (χ3v) is 3.24. The topological polar surface area (TPSA) is 55.1 Å². The van der Waals surface area contributed by atoms with Crippen molar-refractivity contribution < 1.29 is 4.79 Å². The van der Waals surface area contributed by atoms with E-state index in [4.69, 9.17) is 12.2 Å². The molecular formula is C13H22N2O. The van der Waals surface area contributed by atoms with E-state index in [2.05, 4.69) is 11.2 Å². The summed E-state index contributed by atoms with van der Waals surface area (Å²) >= 11 is 0. The monoisotopic (exact) mass is 222 g/mol. The number of nitrogens with two attached hydrogens (primary N) is 1. The molecule has 90 valence electrons. The Bertz CT molecular complexity index is 251. The smallest absolute Gasteiger partial charge is 0.237 e. The van der Waals surface area contributed by atoms with Crippen molar-refractivity contribution in [1.82, 2.24) is 5.32 Å². The highest BCUT2D eigenvalue weighted by Gasteiger charge is 2.15. The lowest BCUT2D eigenvalue weighted by Crippen LogP contribution is -2.40. The van der Waals surface area contributed by atoms with Crippen LogP contribution in [0.2, 0.25) is 0 Å². The largest absolute Gasteiger partial charge is 0.355 e. The lowest BCUT2D eigenvalue weighted by Gasteiger charge is -2.11. The van der Waals surface area contributed by atoms with Crippen molar-refractivity contribution in [3.05, 3.63) is 0 Å². The summed E-state index contributed by atoms with van der Waals surface area (Å²) in [6, 6.07) is -0.545. The summed E-state index contributed by atoms with van der Waals surface area (Å²) in [4.78, 5) is 11.4. The molecule has 1 aliphatic rings. The second-order valence-corrected chi connectivity index (χ2v) is 4.60. The van der Waals surface area contributed by atoms with Gasteiger partial charge in [0.2, 0.25) is 5.91 Å². The van der Waals surface area contributed by atoms with Gasteiger partial charge in [-0.2, -0.15) is 0 Å². The Labute approximate surface area is 98.2 Å². The van der Waals surface area contributed by atoms with Crippen LogP contribution in [0.4, 0.5) is 0 Å². The van der Waals surface area contributed by atoms with E-state index in [-0.39, 0.29) is 5.91 Å². The highest BCUT2D eigenvalue weighted by molar-refractivity contribution is 5.81. The van der Waals surface area contributed by atoms with E-state index in [1.165, 1.54) is 32.1 Å². The predicted octanol–water partition coefficient (Wildman–Crippen LogP) is 1.42. The second-order valence-electron chi connectivity index (χ2n) is 4.60. The van der Waals surface area contributed by atoms with Gasteiger partial charge in [-0.1, -0.05) is 25.7 Å². The molecule has 0 radical (unpaired) electrons. The second kappa shape index (κ2) is 7.29. The summed E-state index contributed by atoms with van der Waals surface area (Å²) in [5.41, 5.74) is 5.58. The SMILES string of the molecule is C#CCC(N)C(=O)NCCCC1CCCC1. The van der Waals surface area contributed by atoms with Gasteiger partial charge in [0.15, 0.2) is 0 Å². The summed E-state index contributed by atoms with van der Waals surface area (Å²) in [5, 5.41) is 2.83. The van der Waals surface area contributed by atoms with Crippen LogP contribution in [0.5, 0.6) is 0 Å². The van der Waals surface area contributed by atoms with Crippen LogP contribution in [0.3, 0.4) is 0 Å². The van der Waals surface area contributed by atoms with Crippen LogP contribution in [0.15, 0.2) is 0 Å². The third-order valence-electron chi connectivity index (χ3n) is 3.24. The van der Waals surface area contributed by atoms with E-state index in [0.29, 0.717) is 6.42 Å². The van der Waals surface area contributed by atoms with Crippen molar-refractivity contribution in [2.75, 3.05) is 6.54 Å². The van der Waals surface area contributed by atoms with E-state index < -0.39 is 6.04 Å². The maximum atomic E-state index is 11.4. The fourth-order valence-electron chi connectivity index (χ4n) is 2.25. The van der Waals surface area contributed by atoms with Crippen LogP contribution in [-0.4, -0.2) is 18.5 Å². The zero-order valence-corrected chi connectivity index (χ0v) is 9.87. The standard InChI is InChI=1S/C13H22N2O/c1-2-6-12(14)13(16)15-10-5-9-11-7-3-4-8-11/h1,11-12H,3-10,14H2,(H,15,16). The molecule has 1 rings (SSSR count). The van der Waals surface area contributed by atoms with Gasteiger partial charge in [-0.25, -0.2) is 0 Å². The van der Waals surface area contributed by atoms with Gasteiger partial charge < -0.3 is 11.1 Å². The molecule has 0 aromatic heterocycles. The van der Waals surface area contributed by atoms with Gasteiger partial charge in [0, 0.05) is 13.0 Å². The number of carbonyl (C=O) groups is 1. The molecular weight excluding hydrogens is 200 g/mol. The Morgan fingerprint density at radius 2 is 2.19 bits per heavy atom. The molecule has 0 bridgehead atoms. The quantitative estimate of drug-likeness (QED) is 0.527. The fraction of sp³-hybridized carbons (Fsp3) is 0.769. The molecule has 0 saturated heterocycles. The van der Waals surface area contributed by atoms with Gasteiger partial charge in [0.05, 0.1) is 6.04 Å². The van der Waals surface area contributed by atoms with Crippen molar-refractivity contribution in [2.24, 2.45) is 11.7 Å². The number of nitrogens with one attached hydrogen (secondary N) is 1. The summed E-state index contributed by atoms with van der Waals surface area (Å²) in [5.74, 6) is 3.16. The molecule has 3 nitrogen and oxygen atoms in total.